The summed E-state index contributed by atoms with van der Waals surface area (Å²) in [6.07, 6.45) is 0. The molecule has 0 saturated carbocycles. The third-order valence-electron chi connectivity index (χ3n) is 5.90. The molecule has 2 aromatic rings. The van der Waals surface area contributed by atoms with Crippen LogP contribution in [-0.2, 0) is 39.9 Å². The first-order valence-corrected chi connectivity index (χ1v) is 13.1. The van der Waals surface area contributed by atoms with Gasteiger partial charge in [0.25, 0.3) is 10.2 Å². The molecule has 0 radical (unpaired) electrons. The molecule has 8 nitrogen and oxygen atoms in total. The van der Waals surface area contributed by atoms with E-state index in [0.29, 0.717) is 50.7 Å². The SMILES string of the molecule is CN(C)S(=O)(=O)N1CCN(Cc2ccc(S(=O)(=O)N3Cc4ccccc4C3)cc2)CC1. The van der Waals surface area contributed by atoms with Crippen molar-refractivity contribution in [2.75, 3.05) is 40.3 Å². The molecule has 0 N–H and O–H groups in total. The third-order valence-corrected chi connectivity index (χ3v) is 9.64. The van der Waals surface area contributed by atoms with Crippen LogP contribution in [0.5, 0.6) is 0 Å². The second-order valence-corrected chi connectivity index (χ2v) is 12.2. The minimum Gasteiger partial charge on any atom is -0.296 e. The number of piperazine rings is 1. The highest BCUT2D eigenvalue weighted by Gasteiger charge is 2.31. The number of nitrogens with zero attached hydrogens (tertiary/aromatic N) is 4. The monoisotopic (exact) mass is 464 g/mol. The summed E-state index contributed by atoms with van der Waals surface area (Å²) in [5.74, 6) is 0. The van der Waals surface area contributed by atoms with E-state index in [2.05, 4.69) is 4.90 Å². The van der Waals surface area contributed by atoms with Crippen molar-refractivity contribution in [3.8, 4) is 0 Å². The molecule has 1 saturated heterocycles. The van der Waals surface area contributed by atoms with Crippen molar-refractivity contribution in [1.82, 2.24) is 17.8 Å². The molecule has 0 unspecified atom stereocenters. The minimum atomic E-state index is -3.55. The molecule has 31 heavy (non-hydrogen) atoms. The third kappa shape index (κ3) is 4.55. The van der Waals surface area contributed by atoms with Crippen molar-refractivity contribution >= 4 is 20.2 Å². The van der Waals surface area contributed by atoms with Crippen LogP contribution >= 0.6 is 0 Å². The standard InChI is InChI=1S/C21H28N4O4S2/c1-22(2)31(28,29)24-13-11-23(12-14-24)15-18-7-9-21(10-8-18)30(26,27)25-16-19-5-3-4-6-20(19)17-25/h3-10H,11-17H2,1-2H3. The molecular formula is C21H28N4O4S2. The zero-order valence-corrected chi connectivity index (χ0v) is 19.4. The van der Waals surface area contributed by atoms with Crippen molar-refractivity contribution in [2.24, 2.45) is 0 Å². The lowest BCUT2D eigenvalue weighted by atomic mass is 10.1. The van der Waals surface area contributed by atoms with Gasteiger partial charge in [-0.1, -0.05) is 36.4 Å². The second kappa shape index (κ2) is 8.61. The fourth-order valence-electron chi connectivity index (χ4n) is 4.00. The summed E-state index contributed by atoms with van der Waals surface area (Å²) >= 11 is 0. The largest absolute Gasteiger partial charge is 0.296 e. The topological polar surface area (TPSA) is 81.2 Å². The summed E-state index contributed by atoms with van der Waals surface area (Å²) < 4.78 is 54.8. The Morgan fingerprint density at radius 3 is 1.84 bits per heavy atom. The van der Waals surface area contributed by atoms with Gasteiger partial charge in [-0.3, -0.25) is 4.90 Å². The molecule has 10 heteroatoms. The van der Waals surface area contributed by atoms with Gasteiger partial charge in [0.2, 0.25) is 10.0 Å². The Morgan fingerprint density at radius 2 is 1.32 bits per heavy atom. The lowest BCUT2D eigenvalue weighted by molar-refractivity contribution is 0.177. The Bertz CT molecular complexity index is 1120. The van der Waals surface area contributed by atoms with Gasteiger partial charge in [0, 0.05) is 59.9 Å². The van der Waals surface area contributed by atoms with E-state index in [1.165, 1.54) is 27.0 Å². The van der Waals surface area contributed by atoms with Crippen molar-refractivity contribution in [1.29, 1.82) is 0 Å². The van der Waals surface area contributed by atoms with Crippen LogP contribution in [0.3, 0.4) is 0 Å². The zero-order valence-electron chi connectivity index (χ0n) is 17.8. The number of hydrogen-bond acceptors (Lipinski definition) is 5. The van der Waals surface area contributed by atoms with E-state index in [4.69, 9.17) is 0 Å². The Labute approximate surface area is 184 Å². The lowest BCUT2D eigenvalue weighted by Gasteiger charge is -2.35. The fraction of sp³-hybridized carbons (Fsp3) is 0.429. The molecule has 0 atom stereocenters. The molecule has 0 aromatic heterocycles. The van der Waals surface area contributed by atoms with E-state index in [-0.39, 0.29) is 0 Å². The summed E-state index contributed by atoms with van der Waals surface area (Å²) in [6, 6.07) is 14.8. The molecule has 2 aliphatic heterocycles. The first kappa shape index (κ1) is 22.4. The first-order chi connectivity index (χ1) is 14.7. The van der Waals surface area contributed by atoms with Crippen LogP contribution < -0.4 is 0 Å². The number of rotatable bonds is 6. The molecule has 0 spiro atoms. The predicted molar refractivity (Wildman–Crippen MR) is 119 cm³/mol. The average Bonchev–Trinajstić information content (AvgIpc) is 3.20. The summed E-state index contributed by atoms with van der Waals surface area (Å²) in [6.45, 7) is 3.63. The summed E-state index contributed by atoms with van der Waals surface area (Å²) in [4.78, 5) is 2.48. The molecule has 4 rings (SSSR count). The average molecular weight is 465 g/mol. The van der Waals surface area contributed by atoms with Crippen LogP contribution in [0, 0.1) is 0 Å². The van der Waals surface area contributed by atoms with Gasteiger partial charge in [0.05, 0.1) is 4.90 Å². The highest BCUT2D eigenvalue weighted by Crippen LogP contribution is 2.28. The normalized spacial score (nSPS) is 19.1. The smallest absolute Gasteiger partial charge is 0.281 e. The predicted octanol–water partition coefficient (Wildman–Crippen LogP) is 1.32. The van der Waals surface area contributed by atoms with Gasteiger partial charge in [-0.25, -0.2) is 8.42 Å². The number of fused-ring (bicyclic) bond motifs is 1. The van der Waals surface area contributed by atoms with E-state index < -0.39 is 20.2 Å². The second-order valence-electron chi connectivity index (χ2n) is 8.15. The van der Waals surface area contributed by atoms with Crippen LogP contribution in [0.15, 0.2) is 53.4 Å². The highest BCUT2D eigenvalue weighted by atomic mass is 32.2. The van der Waals surface area contributed by atoms with Gasteiger partial charge in [0.15, 0.2) is 0 Å². The maximum Gasteiger partial charge on any atom is 0.281 e. The van der Waals surface area contributed by atoms with Crippen molar-refractivity contribution in [2.45, 2.75) is 24.5 Å². The van der Waals surface area contributed by atoms with Crippen LogP contribution in [0.2, 0.25) is 0 Å². The fourth-order valence-corrected chi connectivity index (χ4v) is 6.48. The van der Waals surface area contributed by atoms with E-state index in [9.17, 15) is 16.8 Å². The molecule has 0 aliphatic carbocycles. The van der Waals surface area contributed by atoms with Crippen molar-refractivity contribution in [3.63, 3.8) is 0 Å². The van der Waals surface area contributed by atoms with Crippen LogP contribution in [0.4, 0.5) is 0 Å². The summed E-state index contributed by atoms with van der Waals surface area (Å²) in [7, 11) is -3.84. The maximum atomic E-state index is 13.0. The summed E-state index contributed by atoms with van der Waals surface area (Å²) in [5.41, 5.74) is 3.11. The maximum absolute atomic E-state index is 13.0. The zero-order chi connectivity index (χ0) is 22.2. The van der Waals surface area contributed by atoms with E-state index in [1.54, 1.807) is 12.1 Å². The minimum absolute atomic E-state index is 0.297. The molecule has 168 valence electrons. The highest BCUT2D eigenvalue weighted by molar-refractivity contribution is 7.89. The van der Waals surface area contributed by atoms with E-state index in [1.807, 2.05) is 36.4 Å². The van der Waals surface area contributed by atoms with Gasteiger partial charge < -0.3 is 0 Å². The van der Waals surface area contributed by atoms with Crippen LogP contribution in [-0.4, -0.2) is 74.9 Å². The van der Waals surface area contributed by atoms with E-state index in [0.717, 1.165) is 16.7 Å². The molecule has 2 heterocycles. The molecular weight excluding hydrogens is 436 g/mol. The number of hydrogen-bond donors (Lipinski definition) is 0. The Morgan fingerprint density at radius 1 is 0.774 bits per heavy atom. The van der Waals surface area contributed by atoms with Gasteiger partial charge in [-0.2, -0.15) is 21.3 Å². The quantitative estimate of drug-likeness (QED) is 0.644. The first-order valence-electron chi connectivity index (χ1n) is 10.2. The Hall–Kier alpha value is -1.82. The van der Waals surface area contributed by atoms with Crippen molar-refractivity contribution in [3.05, 3.63) is 65.2 Å². The molecule has 2 aromatic carbocycles. The molecule has 0 bridgehead atoms. The Balaban J connectivity index is 1.37. The van der Waals surface area contributed by atoms with Gasteiger partial charge >= 0.3 is 0 Å². The van der Waals surface area contributed by atoms with Gasteiger partial charge in [0.1, 0.15) is 0 Å². The Kier molecular flexibility index (Phi) is 6.21. The summed E-state index contributed by atoms with van der Waals surface area (Å²) in [5, 5.41) is 0. The van der Waals surface area contributed by atoms with Crippen LogP contribution in [0.1, 0.15) is 16.7 Å². The number of sulfonamides is 1. The molecule has 2 aliphatic rings. The lowest BCUT2D eigenvalue weighted by Crippen LogP contribution is -2.51. The van der Waals surface area contributed by atoms with Crippen LogP contribution in [0.25, 0.3) is 0 Å². The number of benzene rings is 2. The molecule has 1 fully saturated rings. The molecule has 0 amide bonds. The van der Waals surface area contributed by atoms with Crippen molar-refractivity contribution < 1.29 is 16.8 Å². The van der Waals surface area contributed by atoms with Gasteiger partial charge in [-0.15, -0.1) is 0 Å². The van der Waals surface area contributed by atoms with E-state index >= 15 is 0 Å². The van der Waals surface area contributed by atoms with Gasteiger partial charge in [-0.05, 0) is 28.8 Å².